The van der Waals surface area contributed by atoms with Crippen LogP contribution in [0.5, 0.6) is 0 Å². The molecule has 1 atom stereocenters. The second-order valence-electron chi connectivity index (χ2n) is 4.14. The summed E-state index contributed by atoms with van der Waals surface area (Å²) in [6.45, 7) is 0. The molecule has 0 spiro atoms. The molecule has 4 heteroatoms. The second kappa shape index (κ2) is 5.95. The number of nitrogens with two attached hydrogens (primary N) is 1. The lowest BCUT2D eigenvalue weighted by atomic mass is 10.00. The van der Waals surface area contributed by atoms with E-state index < -0.39 is 0 Å². The van der Waals surface area contributed by atoms with Crippen LogP contribution in [0, 0.1) is 5.82 Å². The highest BCUT2D eigenvalue weighted by molar-refractivity contribution is 9.10. The van der Waals surface area contributed by atoms with E-state index in [0.29, 0.717) is 6.42 Å². The third-order valence-corrected chi connectivity index (χ3v) is 3.66. The molecular formula is C14H12Br2FN. The zero-order chi connectivity index (χ0) is 13.1. The minimum absolute atomic E-state index is 0.133. The van der Waals surface area contributed by atoms with Crippen molar-refractivity contribution in [2.24, 2.45) is 5.73 Å². The first-order chi connectivity index (χ1) is 8.54. The summed E-state index contributed by atoms with van der Waals surface area (Å²) in [5, 5.41) is 0. The summed E-state index contributed by atoms with van der Waals surface area (Å²) in [7, 11) is 0. The lowest BCUT2D eigenvalue weighted by molar-refractivity contribution is 0.621. The van der Waals surface area contributed by atoms with Gasteiger partial charge >= 0.3 is 0 Å². The Morgan fingerprint density at radius 1 is 1.00 bits per heavy atom. The average Bonchev–Trinajstić information content (AvgIpc) is 2.28. The van der Waals surface area contributed by atoms with Gasteiger partial charge in [-0.05, 0) is 47.9 Å². The molecule has 0 amide bonds. The van der Waals surface area contributed by atoms with E-state index in [4.69, 9.17) is 5.73 Å². The largest absolute Gasteiger partial charge is 0.324 e. The summed E-state index contributed by atoms with van der Waals surface area (Å²) < 4.78 is 15.0. The van der Waals surface area contributed by atoms with E-state index in [2.05, 4.69) is 31.9 Å². The van der Waals surface area contributed by atoms with Gasteiger partial charge in [-0.1, -0.05) is 44.0 Å². The van der Waals surface area contributed by atoms with Crippen molar-refractivity contribution in [1.82, 2.24) is 0 Å². The fraction of sp³-hybridized carbons (Fsp3) is 0.143. The van der Waals surface area contributed by atoms with E-state index in [9.17, 15) is 4.39 Å². The van der Waals surface area contributed by atoms with Crippen molar-refractivity contribution in [3.8, 4) is 0 Å². The number of benzene rings is 2. The first-order valence-electron chi connectivity index (χ1n) is 5.50. The van der Waals surface area contributed by atoms with Crippen LogP contribution in [0.3, 0.4) is 0 Å². The van der Waals surface area contributed by atoms with E-state index in [1.807, 2.05) is 30.3 Å². The van der Waals surface area contributed by atoms with Crippen LogP contribution in [-0.2, 0) is 6.42 Å². The monoisotopic (exact) mass is 371 g/mol. The van der Waals surface area contributed by atoms with Gasteiger partial charge in [0, 0.05) is 15.0 Å². The van der Waals surface area contributed by atoms with Gasteiger partial charge in [0.1, 0.15) is 5.82 Å². The molecule has 0 radical (unpaired) electrons. The Morgan fingerprint density at radius 3 is 2.28 bits per heavy atom. The molecule has 0 fully saturated rings. The van der Waals surface area contributed by atoms with Crippen LogP contribution in [0.25, 0.3) is 0 Å². The molecule has 94 valence electrons. The molecule has 2 rings (SSSR count). The SMILES string of the molecule is NC(Cc1cc(F)cc(Br)c1)c1ccc(Br)cc1. The van der Waals surface area contributed by atoms with E-state index in [-0.39, 0.29) is 11.9 Å². The van der Waals surface area contributed by atoms with Crippen LogP contribution < -0.4 is 5.73 Å². The van der Waals surface area contributed by atoms with Crippen LogP contribution in [0.2, 0.25) is 0 Å². The van der Waals surface area contributed by atoms with Crippen molar-refractivity contribution in [3.05, 3.63) is 68.4 Å². The van der Waals surface area contributed by atoms with Gasteiger partial charge < -0.3 is 5.73 Å². The van der Waals surface area contributed by atoms with Gasteiger partial charge in [0.05, 0.1) is 0 Å². The Morgan fingerprint density at radius 2 is 1.67 bits per heavy atom. The molecule has 0 bridgehead atoms. The molecule has 0 saturated heterocycles. The lowest BCUT2D eigenvalue weighted by Crippen LogP contribution is -2.13. The number of halogens is 3. The summed E-state index contributed by atoms with van der Waals surface area (Å²) in [4.78, 5) is 0. The summed E-state index contributed by atoms with van der Waals surface area (Å²) >= 11 is 6.67. The van der Waals surface area contributed by atoms with Gasteiger partial charge in [0.2, 0.25) is 0 Å². The normalized spacial score (nSPS) is 12.4. The molecule has 0 aromatic heterocycles. The predicted molar refractivity (Wildman–Crippen MR) is 78.9 cm³/mol. The minimum atomic E-state index is -0.248. The Bertz CT molecular complexity index is 520. The third-order valence-electron chi connectivity index (χ3n) is 2.68. The van der Waals surface area contributed by atoms with E-state index in [1.54, 1.807) is 0 Å². The van der Waals surface area contributed by atoms with Crippen molar-refractivity contribution in [2.45, 2.75) is 12.5 Å². The Hall–Kier alpha value is -0.710. The highest BCUT2D eigenvalue weighted by atomic mass is 79.9. The number of hydrogen-bond acceptors (Lipinski definition) is 1. The predicted octanol–water partition coefficient (Wildman–Crippen LogP) is 4.59. The van der Waals surface area contributed by atoms with Gasteiger partial charge in [-0.2, -0.15) is 0 Å². The quantitative estimate of drug-likeness (QED) is 0.837. The van der Waals surface area contributed by atoms with Crippen LogP contribution in [-0.4, -0.2) is 0 Å². The van der Waals surface area contributed by atoms with Crippen LogP contribution >= 0.6 is 31.9 Å². The van der Waals surface area contributed by atoms with E-state index in [1.165, 1.54) is 12.1 Å². The fourth-order valence-electron chi connectivity index (χ4n) is 1.81. The highest BCUT2D eigenvalue weighted by Gasteiger charge is 2.08. The van der Waals surface area contributed by atoms with Crippen molar-refractivity contribution in [2.75, 3.05) is 0 Å². The molecule has 0 saturated carbocycles. The summed E-state index contributed by atoms with van der Waals surface area (Å²) in [6.07, 6.45) is 0.609. The average molecular weight is 373 g/mol. The minimum Gasteiger partial charge on any atom is -0.324 e. The van der Waals surface area contributed by atoms with Gasteiger partial charge in [0.15, 0.2) is 0 Å². The van der Waals surface area contributed by atoms with Crippen molar-refractivity contribution >= 4 is 31.9 Å². The van der Waals surface area contributed by atoms with E-state index in [0.717, 1.165) is 20.1 Å². The Labute approximate surface area is 122 Å². The zero-order valence-corrected chi connectivity index (χ0v) is 12.7. The van der Waals surface area contributed by atoms with Gasteiger partial charge in [-0.15, -0.1) is 0 Å². The van der Waals surface area contributed by atoms with Crippen LogP contribution in [0.4, 0.5) is 4.39 Å². The summed E-state index contributed by atoms with van der Waals surface area (Å²) in [6, 6.07) is 12.6. The molecule has 0 aliphatic carbocycles. The standard InChI is InChI=1S/C14H12Br2FN/c15-11-3-1-10(2-4-11)14(18)7-9-5-12(16)8-13(17)6-9/h1-6,8,14H,7,18H2. The molecule has 0 aliphatic heterocycles. The molecule has 1 nitrogen and oxygen atoms in total. The summed E-state index contributed by atoms with van der Waals surface area (Å²) in [5.74, 6) is -0.248. The van der Waals surface area contributed by atoms with Crippen LogP contribution in [0.1, 0.15) is 17.2 Å². The molecule has 1 unspecified atom stereocenters. The maximum absolute atomic E-state index is 13.3. The van der Waals surface area contributed by atoms with Gasteiger partial charge in [-0.3, -0.25) is 0 Å². The molecule has 2 N–H and O–H groups in total. The molecular weight excluding hydrogens is 361 g/mol. The second-order valence-corrected chi connectivity index (χ2v) is 5.97. The molecule has 18 heavy (non-hydrogen) atoms. The van der Waals surface area contributed by atoms with Gasteiger partial charge in [0.25, 0.3) is 0 Å². The molecule has 0 heterocycles. The van der Waals surface area contributed by atoms with Gasteiger partial charge in [-0.25, -0.2) is 4.39 Å². The fourth-order valence-corrected chi connectivity index (χ4v) is 2.59. The van der Waals surface area contributed by atoms with Crippen LogP contribution in [0.15, 0.2) is 51.4 Å². The third kappa shape index (κ3) is 3.64. The first kappa shape index (κ1) is 13.7. The maximum atomic E-state index is 13.3. The van der Waals surface area contributed by atoms with Crippen molar-refractivity contribution in [3.63, 3.8) is 0 Å². The summed E-state index contributed by atoms with van der Waals surface area (Å²) in [5.41, 5.74) is 8.05. The Kier molecular flexibility index (Phi) is 4.54. The van der Waals surface area contributed by atoms with Crippen molar-refractivity contribution in [1.29, 1.82) is 0 Å². The number of rotatable bonds is 3. The highest BCUT2D eigenvalue weighted by Crippen LogP contribution is 2.21. The van der Waals surface area contributed by atoms with E-state index >= 15 is 0 Å². The molecule has 2 aromatic rings. The molecule has 0 aliphatic rings. The van der Waals surface area contributed by atoms with Crippen molar-refractivity contribution < 1.29 is 4.39 Å². The number of hydrogen-bond donors (Lipinski definition) is 1. The smallest absolute Gasteiger partial charge is 0.124 e. The molecule has 2 aromatic carbocycles. The topological polar surface area (TPSA) is 26.0 Å². The zero-order valence-electron chi connectivity index (χ0n) is 9.54. The first-order valence-corrected chi connectivity index (χ1v) is 7.09. The maximum Gasteiger partial charge on any atom is 0.124 e. The Balaban J connectivity index is 2.15. The lowest BCUT2D eigenvalue weighted by Gasteiger charge is -2.12.